The number of benzene rings is 2. The van der Waals surface area contributed by atoms with Gasteiger partial charge < -0.3 is 15.3 Å². The van der Waals surface area contributed by atoms with Crippen LogP contribution in [-0.4, -0.2) is 57.0 Å². The van der Waals surface area contributed by atoms with E-state index in [1.165, 1.54) is 0 Å². The van der Waals surface area contributed by atoms with Crippen molar-refractivity contribution in [1.82, 2.24) is 4.90 Å². The third-order valence-electron chi connectivity index (χ3n) is 4.63. The second-order valence-corrected chi connectivity index (χ2v) is 7.99. The molecule has 2 aromatic rings. The van der Waals surface area contributed by atoms with Gasteiger partial charge in [0.25, 0.3) is 10.0 Å². The summed E-state index contributed by atoms with van der Waals surface area (Å²) < 4.78 is 28.6. The van der Waals surface area contributed by atoms with Crippen LogP contribution >= 0.6 is 0 Å². The van der Waals surface area contributed by atoms with E-state index in [0.717, 1.165) is 31.9 Å². The Bertz CT molecular complexity index is 933. The molecule has 4 rings (SSSR count). The first-order chi connectivity index (χ1) is 12.5. The molecule has 0 saturated carbocycles. The zero-order chi connectivity index (χ0) is 18.1. The van der Waals surface area contributed by atoms with Gasteiger partial charge in [0.1, 0.15) is 16.5 Å². The smallest absolute Gasteiger partial charge is 0.286 e. The van der Waals surface area contributed by atoms with Crippen LogP contribution in [0.15, 0.2) is 57.8 Å². The van der Waals surface area contributed by atoms with E-state index in [9.17, 15) is 13.5 Å². The van der Waals surface area contributed by atoms with Crippen molar-refractivity contribution in [3.8, 4) is 5.75 Å². The maximum atomic E-state index is 12.3. The second-order valence-electron chi connectivity index (χ2n) is 6.41. The van der Waals surface area contributed by atoms with Crippen molar-refractivity contribution < 1.29 is 13.5 Å². The minimum atomic E-state index is -3.64. The average Bonchev–Trinajstić information content (AvgIpc) is 2.63. The highest BCUT2D eigenvalue weighted by Gasteiger charge is 2.26. The van der Waals surface area contributed by atoms with E-state index in [0.29, 0.717) is 18.1 Å². The first-order valence-corrected chi connectivity index (χ1v) is 9.91. The molecule has 0 bridgehead atoms. The van der Waals surface area contributed by atoms with Crippen LogP contribution in [0.3, 0.4) is 0 Å². The molecule has 0 aliphatic carbocycles. The van der Waals surface area contributed by atoms with E-state index < -0.39 is 10.0 Å². The average molecular weight is 372 g/mol. The van der Waals surface area contributed by atoms with Gasteiger partial charge in [-0.25, -0.2) is 0 Å². The molecular weight excluding hydrogens is 352 g/mol. The van der Waals surface area contributed by atoms with Gasteiger partial charge in [-0.1, -0.05) is 12.1 Å². The summed E-state index contributed by atoms with van der Waals surface area (Å²) in [5, 5.41) is 12.5. The Kier molecular flexibility index (Phi) is 4.29. The Balaban J connectivity index is 1.41. The fourth-order valence-electron chi connectivity index (χ4n) is 3.28. The standard InChI is InChI=1S/C18H20N4O3S/c23-15-7-5-14(6-8-15)22-11-9-21(10-12-22)13-18-19-16-3-1-2-4-17(16)26(24,25)20-18/h1-8,23H,9-13H2,(H,19,20). The molecule has 0 atom stereocenters. The minimum Gasteiger partial charge on any atom is -0.508 e. The number of phenols is 1. The molecule has 2 N–H and O–H groups in total. The van der Waals surface area contributed by atoms with E-state index in [-0.39, 0.29) is 10.6 Å². The van der Waals surface area contributed by atoms with Gasteiger partial charge in [-0.15, -0.1) is 4.40 Å². The van der Waals surface area contributed by atoms with Crippen molar-refractivity contribution in [3.05, 3.63) is 48.5 Å². The molecule has 1 fully saturated rings. The molecule has 2 aliphatic heterocycles. The number of piperazine rings is 1. The summed E-state index contributed by atoms with van der Waals surface area (Å²) in [4.78, 5) is 4.66. The number of phenolic OH excluding ortho intramolecular Hbond substituents is 1. The van der Waals surface area contributed by atoms with Gasteiger partial charge in [0.15, 0.2) is 0 Å². The number of anilines is 2. The number of aromatic hydroxyl groups is 1. The molecule has 2 heterocycles. The lowest BCUT2D eigenvalue weighted by Gasteiger charge is -2.36. The molecule has 0 radical (unpaired) electrons. The predicted molar refractivity (Wildman–Crippen MR) is 101 cm³/mol. The molecule has 0 amide bonds. The normalized spacial score (nSPS) is 19.4. The lowest BCUT2D eigenvalue weighted by atomic mass is 10.2. The Hall–Kier alpha value is -2.58. The lowest BCUT2D eigenvalue weighted by Crippen LogP contribution is -2.49. The highest BCUT2D eigenvalue weighted by atomic mass is 32.2. The molecule has 136 valence electrons. The number of hydrogen-bond acceptors (Lipinski definition) is 6. The van der Waals surface area contributed by atoms with Crippen molar-refractivity contribution in [2.75, 3.05) is 42.9 Å². The van der Waals surface area contributed by atoms with Crippen LogP contribution in [0.4, 0.5) is 11.4 Å². The Labute approximate surface area is 152 Å². The zero-order valence-corrected chi connectivity index (χ0v) is 15.0. The number of nitrogens with one attached hydrogen (secondary N) is 1. The number of fused-ring (bicyclic) bond motifs is 1. The lowest BCUT2D eigenvalue weighted by molar-refractivity contribution is 0.291. The van der Waals surface area contributed by atoms with Crippen LogP contribution in [0.1, 0.15) is 0 Å². The van der Waals surface area contributed by atoms with Crippen molar-refractivity contribution in [2.24, 2.45) is 4.40 Å². The van der Waals surface area contributed by atoms with Crippen molar-refractivity contribution in [1.29, 1.82) is 0 Å². The van der Waals surface area contributed by atoms with Gasteiger partial charge in [-0.3, -0.25) is 4.90 Å². The SMILES string of the molecule is O=S1(=O)N=C(CN2CCN(c3ccc(O)cc3)CC2)Nc2ccccc21. The molecule has 2 aliphatic rings. The maximum absolute atomic E-state index is 12.3. The van der Waals surface area contributed by atoms with Gasteiger partial charge in [0.05, 0.1) is 12.2 Å². The van der Waals surface area contributed by atoms with Crippen LogP contribution < -0.4 is 10.2 Å². The number of para-hydroxylation sites is 1. The van der Waals surface area contributed by atoms with Crippen molar-refractivity contribution in [3.63, 3.8) is 0 Å². The Morgan fingerprint density at radius 2 is 1.69 bits per heavy atom. The zero-order valence-electron chi connectivity index (χ0n) is 14.2. The molecule has 26 heavy (non-hydrogen) atoms. The van der Waals surface area contributed by atoms with Gasteiger partial charge in [0, 0.05) is 31.9 Å². The molecule has 1 saturated heterocycles. The van der Waals surface area contributed by atoms with Crippen LogP contribution in [-0.2, 0) is 10.0 Å². The molecule has 7 nitrogen and oxygen atoms in total. The first-order valence-electron chi connectivity index (χ1n) is 8.47. The third-order valence-corrected chi connectivity index (χ3v) is 6.01. The van der Waals surface area contributed by atoms with Crippen LogP contribution in [0.5, 0.6) is 5.75 Å². The van der Waals surface area contributed by atoms with Crippen LogP contribution in [0, 0.1) is 0 Å². The number of sulfonamides is 1. The van der Waals surface area contributed by atoms with E-state index in [4.69, 9.17) is 0 Å². The molecule has 0 unspecified atom stereocenters. The fraction of sp³-hybridized carbons (Fsp3) is 0.278. The van der Waals surface area contributed by atoms with E-state index in [1.54, 1.807) is 36.4 Å². The number of rotatable bonds is 3. The minimum absolute atomic E-state index is 0.223. The predicted octanol–water partition coefficient (Wildman–Crippen LogP) is 1.73. The highest BCUT2D eigenvalue weighted by molar-refractivity contribution is 7.90. The number of nitrogens with zero attached hydrogens (tertiary/aromatic N) is 3. The highest BCUT2D eigenvalue weighted by Crippen LogP contribution is 2.27. The van der Waals surface area contributed by atoms with E-state index >= 15 is 0 Å². The number of amidine groups is 1. The third kappa shape index (κ3) is 3.38. The molecule has 8 heteroatoms. The van der Waals surface area contributed by atoms with E-state index in [1.807, 2.05) is 12.1 Å². The Morgan fingerprint density at radius 3 is 2.42 bits per heavy atom. The molecular formula is C18H20N4O3S. The van der Waals surface area contributed by atoms with E-state index in [2.05, 4.69) is 19.5 Å². The molecule has 0 spiro atoms. The summed E-state index contributed by atoms with van der Waals surface area (Å²) in [6.45, 7) is 3.76. The monoisotopic (exact) mass is 372 g/mol. The topological polar surface area (TPSA) is 85.2 Å². The van der Waals surface area contributed by atoms with Crippen molar-refractivity contribution >= 4 is 27.2 Å². The van der Waals surface area contributed by atoms with Gasteiger partial charge in [-0.2, -0.15) is 8.42 Å². The largest absolute Gasteiger partial charge is 0.508 e. The summed E-state index contributed by atoms with van der Waals surface area (Å²) in [5.74, 6) is 0.719. The second kappa shape index (κ2) is 6.62. The van der Waals surface area contributed by atoms with Gasteiger partial charge >= 0.3 is 0 Å². The first kappa shape index (κ1) is 16.9. The quantitative estimate of drug-likeness (QED) is 0.854. The summed E-state index contributed by atoms with van der Waals surface area (Å²) in [7, 11) is -3.64. The maximum Gasteiger partial charge on any atom is 0.286 e. The summed E-state index contributed by atoms with van der Waals surface area (Å²) >= 11 is 0. The molecule has 2 aromatic carbocycles. The fourth-order valence-corrected chi connectivity index (χ4v) is 4.41. The van der Waals surface area contributed by atoms with Crippen LogP contribution in [0.2, 0.25) is 0 Å². The summed E-state index contributed by atoms with van der Waals surface area (Å²) in [6, 6.07) is 14.0. The summed E-state index contributed by atoms with van der Waals surface area (Å²) in [5.41, 5.74) is 1.66. The van der Waals surface area contributed by atoms with Gasteiger partial charge in [-0.05, 0) is 36.4 Å². The van der Waals surface area contributed by atoms with Gasteiger partial charge in [0.2, 0.25) is 0 Å². The molecule has 0 aromatic heterocycles. The van der Waals surface area contributed by atoms with Crippen molar-refractivity contribution in [2.45, 2.75) is 4.90 Å². The summed E-state index contributed by atoms with van der Waals surface area (Å²) in [6.07, 6.45) is 0. The number of hydrogen-bond donors (Lipinski definition) is 2. The Morgan fingerprint density at radius 1 is 1.00 bits per heavy atom. The van der Waals surface area contributed by atoms with Crippen LogP contribution in [0.25, 0.3) is 0 Å².